The molecule has 2 N–H and O–H groups in total. The number of urea groups is 1. The zero-order valence-electron chi connectivity index (χ0n) is 13.7. The summed E-state index contributed by atoms with van der Waals surface area (Å²) < 4.78 is 67.7. The van der Waals surface area contributed by atoms with Gasteiger partial charge in [-0.05, 0) is 36.4 Å². The van der Waals surface area contributed by atoms with Crippen LogP contribution >= 0.6 is 11.6 Å². The standard InChI is InChI=1S/C16H11ClF3N3O4S/c17-10-6-8-11(9-7-10)23-13(24)15(16(18,19)20,21-14(23)25)22-28(26,27)12-4-2-1-3-5-12/h1-9,22H,(H,21,25)/t15-/m1/s1. The summed E-state index contributed by atoms with van der Waals surface area (Å²) in [5.74, 6) is -1.84. The van der Waals surface area contributed by atoms with E-state index in [2.05, 4.69) is 0 Å². The monoisotopic (exact) mass is 433 g/mol. The molecule has 0 aromatic heterocycles. The van der Waals surface area contributed by atoms with Gasteiger partial charge in [0.25, 0.3) is 11.6 Å². The summed E-state index contributed by atoms with van der Waals surface area (Å²) in [6, 6.07) is 9.53. The maximum Gasteiger partial charge on any atom is 0.435 e. The number of nitrogens with zero attached hydrogens (tertiary/aromatic N) is 1. The van der Waals surface area contributed by atoms with Crippen LogP contribution in [0.2, 0.25) is 5.02 Å². The second-order valence-electron chi connectivity index (χ2n) is 5.71. The van der Waals surface area contributed by atoms with Gasteiger partial charge >= 0.3 is 12.2 Å². The highest BCUT2D eigenvalue weighted by atomic mass is 35.5. The van der Waals surface area contributed by atoms with E-state index in [0.29, 0.717) is 0 Å². The van der Waals surface area contributed by atoms with Crippen LogP contribution < -0.4 is 14.9 Å². The smallest absolute Gasteiger partial charge is 0.302 e. The second-order valence-corrected chi connectivity index (χ2v) is 7.83. The zero-order chi connectivity index (χ0) is 20.7. The number of carbonyl (C=O) groups is 2. The van der Waals surface area contributed by atoms with Crippen LogP contribution in [0, 0.1) is 0 Å². The molecule has 1 heterocycles. The van der Waals surface area contributed by atoms with E-state index >= 15 is 0 Å². The molecule has 7 nitrogen and oxygen atoms in total. The molecule has 1 saturated heterocycles. The third kappa shape index (κ3) is 3.32. The van der Waals surface area contributed by atoms with Gasteiger partial charge in [-0.25, -0.2) is 18.1 Å². The highest BCUT2D eigenvalue weighted by Crippen LogP contribution is 2.37. The lowest BCUT2D eigenvalue weighted by Crippen LogP contribution is -2.69. The van der Waals surface area contributed by atoms with Crippen molar-refractivity contribution in [1.82, 2.24) is 10.0 Å². The third-order valence-corrected chi connectivity index (χ3v) is 5.59. The molecule has 148 valence electrons. The van der Waals surface area contributed by atoms with E-state index in [9.17, 15) is 31.2 Å². The van der Waals surface area contributed by atoms with Gasteiger partial charge in [-0.3, -0.25) is 4.79 Å². The number of sulfonamides is 1. The van der Waals surface area contributed by atoms with Gasteiger partial charge in [0.15, 0.2) is 0 Å². The highest BCUT2D eigenvalue weighted by Gasteiger charge is 2.69. The average Bonchev–Trinajstić information content (AvgIpc) is 2.87. The molecule has 1 aliphatic rings. The van der Waals surface area contributed by atoms with Gasteiger partial charge in [-0.15, -0.1) is 0 Å². The van der Waals surface area contributed by atoms with Crippen molar-refractivity contribution in [2.45, 2.75) is 16.7 Å². The van der Waals surface area contributed by atoms with E-state index in [1.807, 2.05) is 0 Å². The van der Waals surface area contributed by atoms with Gasteiger partial charge in [-0.2, -0.15) is 17.9 Å². The molecule has 0 unspecified atom stereocenters. The van der Waals surface area contributed by atoms with Gasteiger partial charge in [0, 0.05) is 5.02 Å². The molecule has 12 heteroatoms. The number of amides is 3. The molecular formula is C16H11ClF3N3O4S. The third-order valence-electron chi connectivity index (χ3n) is 3.87. The number of halogens is 4. The molecule has 2 aromatic carbocycles. The van der Waals surface area contributed by atoms with Crippen molar-refractivity contribution in [3.8, 4) is 0 Å². The molecule has 3 rings (SSSR count). The Kier molecular flexibility index (Phi) is 4.86. The van der Waals surface area contributed by atoms with Crippen LogP contribution in [0.3, 0.4) is 0 Å². The lowest BCUT2D eigenvalue weighted by Gasteiger charge is -2.29. The highest BCUT2D eigenvalue weighted by molar-refractivity contribution is 7.89. The van der Waals surface area contributed by atoms with Crippen molar-refractivity contribution in [2.75, 3.05) is 4.90 Å². The van der Waals surface area contributed by atoms with E-state index in [1.54, 1.807) is 0 Å². The summed E-state index contributed by atoms with van der Waals surface area (Å²) in [5, 5.41) is 1.66. The molecule has 0 radical (unpaired) electrons. The molecule has 0 bridgehead atoms. The van der Waals surface area contributed by atoms with E-state index in [4.69, 9.17) is 11.6 Å². The topological polar surface area (TPSA) is 95.6 Å². The molecule has 1 atom stereocenters. The van der Waals surface area contributed by atoms with E-state index < -0.39 is 38.7 Å². The minimum Gasteiger partial charge on any atom is -0.302 e. The van der Waals surface area contributed by atoms with Crippen molar-refractivity contribution >= 4 is 39.2 Å². The molecule has 0 saturated carbocycles. The van der Waals surface area contributed by atoms with Crippen LogP contribution in [0.25, 0.3) is 0 Å². The minimum atomic E-state index is -5.47. The molecule has 1 fully saturated rings. The van der Waals surface area contributed by atoms with E-state index in [1.165, 1.54) is 40.4 Å². The first-order chi connectivity index (χ1) is 13.0. The van der Waals surface area contributed by atoms with Gasteiger partial charge in [0.2, 0.25) is 10.0 Å². The van der Waals surface area contributed by atoms with Crippen molar-refractivity contribution in [3.05, 3.63) is 59.6 Å². The summed E-state index contributed by atoms with van der Waals surface area (Å²) in [7, 11) is -4.81. The van der Waals surface area contributed by atoms with Crippen LogP contribution in [-0.2, 0) is 14.8 Å². The van der Waals surface area contributed by atoms with Crippen LogP contribution in [0.1, 0.15) is 0 Å². The summed E-state index contributed by atoms with van der Waals surface area (Å²) in [6.45, 7) is 0. The normalized spacial score (nSPS) is 20.4. The zero-order valence-corrected chi connectivity index (χ0v) is 15.3. The largest absolute Gasteiger partial charge is 0.435 e. The first-order valence-electron chi connectivity index (χ1n) is 7.56. The fraction of sp³-hybridized carbons (Fsp3) is 0.125. The Morgan fingerprint density at radius 1 is 1.00 bits per heavy atom. The Hall–Kier alpha value is -2.63. The molecule has 3 amide bonds. The van der Waals surface area contributed by atoms with Gasteiger partial charge in [0.1, 0.15) is 0 Å². The van der Waals surface area contributed by atoms with Crippen LogP contribution in [0.5, 0.6) is 0 Å². The Morgan fingerprint density at radius 2 is 1.57 bits per heavy atom. The Labute approximate surface area is 162 Å². The first kappa shape index (κ1) is 20.1. The maximum absolute atomic E-state index is 13.8. The number of imide groups is 1. The summed E-state index contributed by atoms with van der Waals surface area (Å²) in [5.41, 5.74) is -4.07. The minimum absolute atomic E-state index is 0.192. The predicted molar refractivity (Wildman–Crippen MR) is 93.0 cm³/mol. The molecule has 0 spiro atoms. The number of benzene rings is 2. The Balaban J connectivity index is 2.07. The van der Waals surface area contributed by atoms with Crippen LogP contribution in [0.15, 0.2) is 59.5 Å². The van der Waals surface area contributed by atoms with Crippen LogP contribution in [0.4, 0.5) is 23.7 Å². The number of hydrogen-bond acceptors (Lipinski definition) is 4. The van der Waals surface area contributed by atoms with Crippen molar-refractivity contribution in [2.24, 2.45) is 0 Å². The average molecular weight is 434 g/mol. The number of anilines is 1. The van der Waals surface area contributed by atoms with E-state index in [-0.39, 0.29) is 15.6 Å². The van der Waals surface area contributed by atoms with Crippen molar-refractivity contribution in [1.29, 1.82) is 0 Å². The fourth-order valence-corrected chi connectivity index (χ4v) is 3.95. The molecule has 2 aromatic rings. The SMILES string of the molecule is O=C1N[C@](NS(=O)(=O)c2ccccc2)(C(F)(F)F)C(=O)N1c1ccc(Cl)cc1. The lowest BCUT2D eigenvalue weighted by molar-refractivity contribution is -0.194. The van der Waals surface area contributed by atoms with Crippen molar-refractivity contribution in [3.63, 3.8) is 0 Å². The molecule has 0 aliphatic carbocycles. The molecular weight excluding hydrogens is 423 g/mol. The van der Waals surface area contributed by atoms with Crippen LogP contribution in [-0.4, -0.2) is 32.2 Å². The summed E-state index contributed by atoms with van der Waals surface area (Å²) >= 11 is 5.70. The second kappa shape index (κ2) is 6.76. The Bertz CT molecular complexity index is 1030. The molecule has 1 aliphatic heterocycles. The number of rotatable bonds is 4. The lowest BCUT2D eigenvalue weighted by atomic mass is 10.1. The summed E-state index contributed by atoms with van der Waals surface area (Å²) in [4.78, 5) is 24.5. The van der Waals surface area contributed by atoms with E-state index in [0.717, 1.165) is 24.3 Å². The number of alkyl halides is 3. The van der Waals surface area contributed by atoms with Gasteiger partial charge in [-0.1, -0.05) is 29.8 Å². The fourth-order valence-electron chi connectivity index (χ4n) is 2.53. The quantitative estimate of drug-likeness (QED) is 0.724. The summed E-state index contributed by atoms with van der Waals surface area (Å²) in [6.07, 6.45) is -5.47. The first-order valence-corrected chi connectivity index (χ1v) is 9.42. The van der Waals surface area contributed by atoms with Gasteiger partial charge < -0.3 is 5.32 Å². The predicted octanol–water partition coefficient (Wildman–Crippen LogP) is 2.63. The van der Waals surface area contributed by atoms with Crippen molar-refractivity contribution < 1.29 is 31.2 Å². The maximum atomic E-state index is 13.8. The number of hydrogen-bond donors (Lipinski definition) is 2. The number of carbonyl (C=O) groups excluding carboxylic acids is 2. The number of nitrogens with one attached hydrogen (secondary N) is 2. The van der Waals surface area contributed by atoms with Gasteiger partial charge in [0.05, 0.1) is 10.6 Å². The molecule has 28 heavy (non-hydrogen) atoms. The Morgan fingerprint density at radius 3 is 2.11 bits per heavy atom.